The fraction of sp³-hybridized carbons (Fsp3) is 0.960. The van der Waals surface area contributed by atoms with Gasteiger partial charge >= 0.3 is 11.9 Å². The lowest BCUT2D eigenvalue weighted by atomic mass is 10.0. The Kier molecular flexibility index (Phi) is 39.2. The van der Waals surface area contributed by atoms with E-state index in [-0.39, 0.29) is 31.4 Å². The quantitative estimate of drug-likeness (QED) is 0.0467. The molecule has 2 N–H and O–H groups in total. The van der Waals surface area contributed by atoms with E-state index in [0.29, 0.717) is 0 Å². The molecule has 1 fully saturated rings. The minimum Gasteiger partial charge on any atom is -0.457 e. The molecule has 0 aromatic carbocycles. The van der Waals surface area contributed by atoms with Crippen LogP contribution in [-0.4, -0.2) is 59.8 Å². The smallest absolute Gasteiger partial charge is 0.306 e. The van der Waals surface area contributed by atoms with Crippen molar-refractivity contribution < 1.29 is 34.0 Å². The Balaban J connectivity index is 1.98. The van der Waals surface area contributed by atoms with Crippen LogP contribution in [0.4, 0.5) is 0 Å². The Morgan fingerprint density at radius 1 is 0.474 bits per heavy atom. The third-order valence-corrected chi connectivity index (χ3v) is 12.2. The number of rotatable bonds is 44. The maximum atomic E-state index is 12.6. The zero-order chi connectivity index (χ0) is 41.3. The fourth-order valence-electron chi connectivity index (χ4n) is 8.43. The van der Waals surface area contributed by atoms with Crippen LogP contribution in [0.2, 0.25) is 0 Å². The van der Waals surface area contributed by atoms with Crippen LogP contribution in [0.15, 0.2) is 0 Å². The van der Waals surface area contributed by atoms with Gasteiger partial charge in [-0.15, -0.1) is 0 Å². The van der Waals surface area contributed by atoms with Crippen molar-refractivity contribution in [1.29, 1.82) is 0 Å². The molecule has 0 saturated carbocycles. The lowest BCUT2D eigenvalue weighted by Crippen LogP contribution is -2.45. The highest BCUT2D eigenvalue weighted by Crippen LogP contribution is 2.25. The lowest BCUT2D eigenvalue weighted by Gasteiger charge is -2.27. The van der Waals surface area contributed by atoms with Gasteiger partial charge in [0.25, 0.3) is 0 Å². The van der Waals surface area contributed by atoms with Crippen LogP contribution in [0.25, 0.3) is 0 Å². The minimum absolute atomic E-state index is 0.0188. The number of unbranched alkanes of at least 4 members (excludes halogenated alkanes) is 36. The van der Waals surface area contributed by atoms with Crippen LogP contribution >= 0.6 is 0 Å². The zero-order valence-electron chi connectivity index (χ0n) is 37.9. The molecule has 0 unspecified atom stereocenters. The number of carbonyl (C=O) groups excluding carboxylic acids is 2. The number of hydrogen-bond acceptors (Lipinski definition) is 7. The number of esters is 2. The molecule has 57 heavy (non-hydrogen) atoms. The molecule has 0 spiro atoms. The third kappa shape index (κ3) is 33.3. The highest BCUT2D eigenvalue weighted by atomic mass is 16.6. The maximum Gasteiger partial charge on any atom is 0.306 e. The molecule has 0 bridgehead atoms. The monoisotopic (exact) mass is 809 g/mol. The highest BCUT2D eigenvalue weighted by Gasteiger charge is 2.45. The van der Waals surface area contributed by atoms with Gasteiger partial charge in [-0.1, -0.05) is 245 Å². The van der Waals surface area contributed by atoms with Gasteiger partial charge in [0.15, 0.2) is 12.2 Å². The molecule has 4 atom stereocenters. The second-order valence-electron chi connectivity index (χ2n) is 17.8. The molecule has 338 valence electrons. The van der Waals surface area contributed by atoms with Crippen molar-refractivity contribution in [1.82, 2.24) is 0 Å². The fourth-order valence-corrected chi connectivity index (χ4v) is 8.43. The molecule has 1 heterocycles. The first-order valence-electron chi connectivity index (χ1n) is 25.3. The van der Waals surface area contributed by atoms with E-state index in [1.165, 1.54) is 205 Å². The van der Waals surface area contributed by atoms with Crippen molar-refractivity contribution in [2.45, 2.75) is 295 Å². The highest BCUT2D eigenvalue weighted by molar-refractivity contribution is 5.70. The SMILES string of the molecule is CCCCCCCCCCCCCCCCCCCCCCCCCC(=O)O[C@H](CO)[C@H]1OC[C@H](O)[C@H]1OC(=O)CCCCCCCCCCCCCCCCC. The van der Waals surface area contributed by atoms with Gasteiger partial charge in [0.05, 0.1) is 13.2 Å². The molecule has 0 aromatic rings. The van der Waals surface area contributed by atoms with Crippen LogP contribution in [0.3, 0.4) is 0 Å². The van der Waals surface area contributed by atoms with Crippen molar-refractivity contribution >= 4 is 11.9 Å². The van der Waals surface area contributed by atoms with E-state index < -0.39 is 31.0 Å². The largest absolute Gasteiger partial charge is 0.457 e. The Bertz CT molecular complexity index is 866. The summed E-state index contributed by atoms with van der Waals surface area (Å²) in [7, 11) is 0. The van der Waals surface area contributed by atoms with E-state index in [0.717, 1.165) is 38.5 Å². The molecule has 0 aliphatic carbocycles. The summed E-state index contributed by atoms with van der Waals surface area (Å²) in [5.41, 5.74) is 0. The molecule has 0 radical (unpaired) electrons. The summed E-state index contributed by atoms with van der Waals surface area (Å²) < 4.78 is 16.8. The Labute approximate surface area is 353 Å². The minimum atomic E-state index is -1.00. The Morgan fingerprint density at radius 3 is 1.05 bits per heavy atom. The average Bonchev–Trinajstić information content (AvgIpc) is 3.57. The first-order chi connectivity index (χ1) is 28.0. The summed E-state index contributed by atoms with van der Waals surface area (Å²) >= 11 is 0. The number of carbonyl (C=O) groups is 2. The number of ether oxygens (including phenoxy) is 3. The van der Waals surface area contributed by atoms with E-state index >= 15 is 0 Å². The molecule has 1 aliphatic heterocycles. The number of aliphatic hydroxyl groups excluding tert-OH is 2. The first-order valence-corrected chi connectivity index (χ1v) is 25.3. The van der Waals surface area contributed by atoms with Gasteiger partial charge in [0, 0.05) is 12.8 Å². The average molecular weight is 809 g/mol. The van der Waals surface area contributed by atoms with Crippen LogP contribution in [0.1, 0.15) is 271 Å². The standard InChI is InChI=1S/C50H96O7/c1-3-5-7-9-11-13-15-17-19-20-21-22-23-24-25-26-28-30-31-33-35-37-39-41-47(53)56-46(43-51)50-49(45(52)44-55-50)57-48(54)42-40-38-36-34-32-29-27-18-16-14-12-10-8-6-4-2/h45-46,49-52H,3-44H2,1-2H3/t45-,46+,49+,50+/m0/s1. The second kappa shape index (κ2) is 41.5. The number of hydrogen-bond donors (Lipinski definition) is 2. The van der Waals surface area contributed by atoms with Gasteiger partial charge in [-0.3, -0.25) is 9.59 Å². The molecule has 1 rings (SSSR count). The van der Waals surface area contributed by atoms with Gasteiger partial charge in [0.2, 0.25) is 0 Å². The molecule has 0 aromatic heterocycles. The predicted molar refractivity (Wildman–Crippen MR) is 239 cm³/mol. The second-order valence-corrected chi connectivity index (χ2v) is 17.8. The van der Waals surface area contributed by atoms with Crippen LogP contribution < -0.4 is 0 Å². The van der Waals surface area contributed by atoms with Crippen molar-refractivity contribution in [3.05, 3.63) is 0 Å². The normalized spacial score (nSPS) is 17.3. The van der Waals surface area contributed by atoms with E-state index in [1.807, 2.05) is 0 Å². The van der Waals surface area contributed by atoms with E-state index in [9.17, 15) is 19.8 Å². The topological polar surface area (TPSA) is 102 Å². The summed E-state index contributed by atoms with van der Waals surface area (Å²) in [4.78, 5) is 25.2. The predicted octanol–water partition coefficient (Wildman–Crippen LogP) is 14.2. The maximum absolute atomic E-state index is 12.6. The van der Waals surface area contributed by atoms with Gasteiger partial charge in [-0.25, -0.2) is 0 Å². The van der Waals surface area contributed by atoms with Gasteiger partial charge in [0.1, 0.15) is 12.2 Å². The Hall–Kier alpha value is -1.18. The zero-order valence-corrected chi connectivity index (χ0v) is 37.9. The van der Waals surface area contributed by atoms with Crippen molar-refractivity contribution in [2.24, 2.45) is 0 Å². The molecule has 7 heteroatoms. The first kappa shape index (κ1) is 53.8. The summed E-state index contributed by atoms with van der Waals surface area (Å²) in [6.45, 7) is 4.09. The van der Waals surface area contributed by atoms with Gasteiger partial charge < -0.3 is 24.4 Å². The van der Waals surface area contributed by atoms with Gasteiger partial charge in [-0.2, -0.15) is 0 Å². The van der Waals surface area contributed by atoms with Gasteiger partial charge in [-0.05, 0) is 12.8 Å². The summed E-state index contributed by atoms with van der Waals surface area (Å²) in [5.74, 6) is -0.761. The summed E-state index contributed by atoms with van der Waals surface area (Å²) in [6.07, 6.45) is 46.3. The third-order valence-electron chi connectivity index (χ3n) is 12.2. The van der Waals surface area contributed by atoms with E-state index in [2.05, 4.69) is 13.8 Å². The number of aliphatic hydroxyl groups is 2. The molecule has 0 amide bonds. The van der Waals surface area contributed by atoms with Crippen molar-refractivity contribution in [3.63, 3.8) is 0 Å². The lowest BCUT2D eigenvalue weighted by molar-refractivity contribution is -0.171. The van der Waals surface area contributed by atoms with Crippen LogP contribution in [0.5, 0.6) is 0 Å². The van der Waals surface area contributed by atoms with Crippen LogP contribution in [0, 0.1) is 0 Å². The molecular weight excluding hydrogens is 713 g/mol. The molecule has 1 saturated heterocycles. The van der Waals surface area contributed by atoms with E-state index in [4.69, 9.17) is 14.2 Å². The Morgan fingerprint density at radius 2 is 0.754 bits per heavy atom. The van der Waals surface area contributed by atoms with Crippen molar-refractivity contribution in [2.75, 3.05) is 13.2 Å². The summed E-state index contributed by atoms with van der Waals surface area (Å²) in [6, 6.07) is 0. The van der Waals surface area contributed by atoms with E-state index in [1.54, 1.807) is 0 Å². The molecular formula is C50H96O7. The van der Waals surface area contributed by atoms with Crippen molar-refractivity contribution in [3.8, 4) is 0 Å². The van der Waals surface area contributed by atoms with Crippen LogP contribution in [-0.2, 0) is 23.8 Å². The molecule has 1 aliphatic rings. The molecule has 7 nitrogen and oxygen atoms in total. The summed E-state index contributed by atoms with van der Waals surface area (Å²) in [5, 5.41) is 20.5.